The van der Waals surface area contributed by atoms with E-state index in [1.54, 1.807) is 6.20 Å². The second-order valence-electron chi connectivity index (χ2n) is 4.45. The second-order valence-corrected chi connectivity index (χ2v) is 4.89. The molecule has 0 aliphatic carbocycles. The van der Waals surface area contributed by atoms with E-state index in [4.69, 9.17) is 17.3 Å². The van der Waals surface area contributed by atoms with Crippen LogP contribution in [0, 0.1) is 0 Å². The number of rotatable bonds is 2. The number of nitrogens with zero attached hydrogens (tertiary/aromatic N) is 2. The number of hydrogen-bond donors (Lipinski definition) is 1. The van der Waals surface area contributed by atoms with Crippen LogP contribution in [0.15, 0.2) is 18.3 Å². The standard InChI is InChI=1S/C12H18ClN3/c1-9(14)11-4-2-3-7-16(11)12-6-5-10(13)8-15-12/h5-6,8-9,11H,2-4,7,14H2,1H3. The van der Waals surface area contributed by atoms with E-state index in [1.165, 1.54) is 12.8 Å². The van der Waals surface area contributed by atoms with Gasteiger partial charge >= 0.3 is 0 Å². The molecule has 1 saturated heterocycles. The molecule has 0 amide bonds. The van der Waals surface area contributed by atoms with Gasteiger partial charge in [0, 0.05) is 24.8 Å². The van der Waals surface area contributed by atoms with Gasteiger partial charge in [0.2, 0.25) is 0 Å². The Morgan fingerprint density at radius 3 is 2.94 bits per heavy atom. The maximum absolute atomic E-state index is 6.03. The van der Waals surface area contributed by atoms with E-state index >= 15 is 0 Å². The van der Waals surface area contributed by atoms with Gasteiger partial charge in [0.1, 0.15) is 5.82 Å². The third-order valence-electron chi connectivity index (χ3n) is 3.16. The molecule has 1 aliphatic rings. The largest absolute Gasteiger partial charge is 0.352 e. The fraction of sp³-hybridized carbons (Fsp3) is 0.583. The minimum Gasteiger partial charge on any atom is -0.352 e. The van der Waals surface area contributed by atoms with Crippen molar-refractivity contribution in [1.29, 1.82) is 0 Å². The molecule has 0 aromatic carbocycles. The van der Waals surface area contributed by atoms with Gasteiger partial charge in [-0.1, -0.05) is 11.6 Å². The first-order valence-electron chi connectivity index (χ1n) is 5.82. The van der Waals surface area contributed by atoms with Crippen molar-refractivity contribution in [1.82, 2.24) is 4.98 Å². The Morgan fingerprint density at radius 1 is 1.50 bits per heavy atom. The van der Waals surface area contributed by atoms with Crippen LogP contribution >= 0.6 is 11.6 Å². The lowest BCUT2D eigenvalue weighted by Crippen LogP contribution is -2.49. The Bertz CT molecular complexity index is 337. The summed E-state index contributed by atoms with van der Waals surface area (Å²) in [5.74, 6) is 0.992. The molecule has 1 aliphatic heterocycles. The summed E-state index contributed by atoms with van der Waals surface area (Å²) in [6, 6.07) is 4.44. The molecular weight excluding hydrogens is 222 g/mol. The molecule has 88 valence electrons. The number of pyridine rings is 1. The smallest absolute Gasteiger partial charge is 0.128 e. The Labute approximate surface area is 102 Å². The van der Waals surface area contributed by atoms with E-state index < -0.39 is 0 Å². The van der Waals surface area contributed by atoms with E-state index in [2.05, 4.69) is 16.8 Å². The SMILES string of the molecule is CC(N)C1CCCCN1c1ccc(Cl)cn1. The molecule has 2 atom stereocenters. The van der Waals surface area contributed by atoms with Crippen molar-refractivity contribution in [3.05, 3.63) is 23.4 Å². The molecule has 1 aromatic heterocycles. The van der Waals surface area contributed by atoms with Gasteiger partial charge in [-0.2, -0.15) is 0 Å². The van der Waals surface area contributed by atoms with Gasteiger partial charge in [-0.15, -0.1) is 0 Å². The lowest BCUT2D eigenvalue weighted by molar-refractivity contribution is 0.411. The Hall–Kier alpha value is -0.800. The molecule has 2 rings (SSSR count). The maximum atomic E-state index is 6.03. The molecule has 0 saturated carbocycles. The highest BCUT2D eigenvalue weighted by Gasteiger charge is 2.26. The Balaban J connectivity index is 2.19. The van der Waals surface area contributed by atoms with Crippen LogP contribution in [0.2, 0.25) is 5.02 Å². The highest BCUT2D eigenvalue weighted by Crippen LogP contribution is 2.25. The van der Waals surface area contributed by atoms with Crippen molar-refractivity contribution in [2.24, 2.45) is 5.73 Å². The normalized spacial score (nSPS) is 23.2. The van der Waals surface area contributed by atoms with E-state index in [0.717, 1.165) is 18.8 Å². The molecule has 1 fully saturated rings. The molecule has 16 heavy (non-hydrogen) atoms. The Kier molecular flexibility index (Phi) is 3.66. The first-order chi connectivity index (χ1) is 7.68. The molecule has 2 heterocycles. The summed E-state index contributed by atoms with van der Waals surface area (Å²) in [7, 11) is 0. The first kappa shape index (κ1) is 11.7. The van der Waals surface area contributed by atoms with Crippen LogP contribution in [0.3, 0.4) is 0 Å². The van der Waals surface area contributed by atoms with Crippen LogP contribution in [0.1, 0.15) is 26.2 Å². The summed E-state index contributed by atoms with van der Waals surface area (Å²) in [6.07, 6.45) is 5.33. The molecule has 2 unspecified atom stereocenters. The van der Waals surface area contributed by atoms with E-state index in [0.29, 0.717) is 11.1 Å². The fourth-order valence-corrected chi connectivity index (χ4v) is 2.44. The molecule has 3 nitrogen and oxygen atoms in total. The first-order valence-corrected chi connectivity index (χ1v) is 6.20. The minimum atomic E-state index is 0.178. The fourth-order valence-electron chi connectivity index (χ4n) is 2.33. The summed E-state index contributed by atoms with van der Waals surface area (Å²) < 4.78 is 0. The van der Waals surface area contributed by atoms with Gasteiger partial charge in [0.05, 0.1) is 5.02 Å². The van der Waals surface area contributed by atoms with Crippen molar-refractivity contribution in [3.8, 4) is 0 Å². The number of hydrogen-bond acceptors (Lipinski definition) is 3. The van der Waals surface area contributed by atoms with Gasteiger partial charge in [0.15, 0.2) is 0 Å². The number of halogens is 1. The summed E-state index contributed by atoms with van der Waals surface area (Å²) in [5.41, 5.74) is 6.03. The summed E-state index contributed by atoms with van der Waals surface area (Å²) in [4.78, 5) is 6.68. The van der Waals surface area contributed by atoms with Crippen LogP contribution in [-0.4, -0.2) is 23.6 Å². The highest BCUT2D eigenvalue weighted by molar-refractivity contribution is 6.30. The lowest BCUT2D eigenvalue weighted by Gasteiger charge is -2.38. The zero-order chi connectivity index (χ0) is 11.5. The number of piperidine rings is 1. The van der Waals surface area contributed by atoms with Crippen LogP contribution in [0.5, 0.6) is 0 Å². The summed E-state index contributed by atoms with van der Waals surface area (Å²) in [6.45, 7) is 3.11. The van der Waals surface area contributed by atoms with E-state index in [-0.39, 0.29) is 6.04 Å². The van der Waals surface area contributed by atoms with Crippen LogP contribution in [0.4, 0.5) is 5.82 Å². The monoisotopic (exact) mass is 239 g/mol. The maximum Gasteiger partial charge on any atom is 0.128 e. The molecule has 0 spiro atoms. The zero-order valence-corrected chi connectivity index (χ0v) is 10.3. The van der Waals surface area contributed by atoms with Gasteiger partial charge in [-0.05, 0) is 38.3 Å². The predicted molar refractivity (Wildman–Crippen MR) is 67.9 cm³/mol. The average molecular weight is 240 g/mol. The van der Waals surface area contributed by atoms with Crippen LogP contribution in [-0.2, 0) is 0 Å². The van der Waals surface area contributed by atoms with E-state index in [9.17, 15) is 0 Å². The minimum absolute atomic E-state index is 0.178. The average Bonchev–Trinajstić information content (AvgIpc) is 2.30. The van der Waals surface area contributed by atoms with Gasteiger partial charge < -0.3 is 10.6 Å². The molecule has 1 aromatic rings. The molecule has 0 bridgehead atoms. The predicted octanol–water partition coefficient (Wildman–Crippen LogP) is 2.44. The zero-order valence-electron chi connectivity index (χ0n) is 9.56. The van der Waals surface area contributed by atoms with Crippen molar-refractivity contribution in [2.75, 3.05) is 11.4 Å². The third kappa shape index (κ3) is 2.47. The summed E-state index contributed by atoms with van der Waals surface area (Å²) >= 11 is 5.84. The lowest BCUT2D eigenvalue weighted by atomic mass is 9.97. The Morgan fingerprint density at radius 2 is 2.31 bits per heavy atom. The highest BCUT2D eigenvalue weighted by atomic mass is 35.5. The molecule has 0 radical (unpaired) electrons. The van der Waals surface area contributed by atoms with Crippen LogP contribution < -0.4 is 10.6 Å². The number of aromatic nitrogens is 1. The van der Waals surface area contributed by atoms with Gasteiger partial charge in [-0.3, -0.25) is 0 Å². The van der Waals surface area contributed by atoms with Crippen molar-refractivity contribution < 1.29 is 0 Å². The number of anilines is 1. The quantitative estimate of drug-likeness (QED) is 0.862. The molecule has 2 N–H and O–H groups in total. The van der Waals surface area contributed by atoms with Crippen LogP contribution in [0.25, 0.3) is 0 Å². The van der Waals surface area contributed by atoms with Gasteiger partial charge in [0.25, 0.3) is 0 Å². The van der Waals surface area contributed by atoms with Gasteiger partial charge in [-0.25, -0.2) is 4.98 Å². The van der Waals surface area contributed by atoms with Crippen molar-refractivity contribution >= 4 is 17.4 Å². The van der Waals surface area contributed by atoms with Crippen molar-refractivity contribution in [2.45, 2.75) is 38.3 Å². The number of nitrogens with two attached hydrogens (primary N) is 1. The van der Waals surface area contributed by atoms with Crippen molar-refractivity contribution in [3.63, 3.8) is 0 Å². The topological polar surface area (TPSA) is 42.1 Å². The third-order valence-corrected chi connectivity index (χ3v) is 3.39. The van der Waals surface area contributed by atoms with E-state index in [1.807, 2.05) is 12.1 Å². The molecule has 4 heteroatoms. The molecular formula is C12H18ClN3. The summed E-state index contributed by atoms with van der Waals surface area (Å²) in [5, 5.41) is 0.679. The second kappa shape index (κ2) is 5.02.